The highest BCUT2D eigenvalue weighted by atomic mass is 32.2. The van der Waals surface area contributed by atoms with E-state index in [9.17, 15) is 8.42 Å². The van der Waals surface area contributed by atoms with E-state index in [-0.39, 0.29) is 17.0 Å². The Morgan fingerprint density at radius 2 is 1.75 bits per heavy atom. The van der Waals surface area contributed by atoms with Gasteiger partial charge in [0.25, 0.3) is 0 Å². The van der Waals surface area contributed by atoms with Crippen molar-refractivity contribution >= 4 is 10.0 Å². The highest BCUT2D eigenvalue weighted by Crippen LogP contribution is 2.20. The molecule has 1 unspecified atom stereocenters. The third-order valence-electron chi connectivity index (χ3n) is 3.25. The molecule has 0 spiro atoms. The fourth-order valence-corrected chi connectivity index (χ4v) is 2.33. The van der Waals surface area contributed by atoms with E-state index in [2.05, 4.69) is 11.8 Å². The molecule has 0 radical (unpaired) electrons. The van der Waals surface area contributed by atoms with E-state index in [4.69, 9.17) is 9.88 Å². The van der Waals surface area contributed by atoms with E-state index < -0.39 is 10.0 Å². The minimum Gasteiger partial charge on any atom is -0.377 e. The molecule has 5 nitrogen and oxygen atoms in total. The fraction of sp³-hybridized carbons (Fsp3) is 0.571. The van der Waals surface area contributed by atoms with Gasteiger partial charge in [-0.15, -0.1) is 0 Å². The molecule has 0 bridgehead atoms. The maximum absolute atomic E-state index is 11.2. The van der Waals surface area contributed by atoms with E-state index in [1.165, 1.54) is 0 Å². The SMILES string of the molecule is CC(C)OCCN(C)C(C)c1ccc(S(N)(=O)=O)cc1. The first kappa shape index (κ1) is 17.1. The lowest BCUT2D eigenvalue weighted by molar-refractivity contribution is 0.0573. The standard InChI is InChI=1S/C14H24N2O3S/c1-11(2)19-10-9-16(4)12(3)13-5-7-14(8-6-13)20(15,17)18/h5-8,11-12H,9-10H2,1-4H3,(H2,15,17,18). The average molecular weight is 300 g/mol. The van der Waals surface area contributed by atoms with Gasteiger partial charge in [0.05, 0.1) is 17.6 Å². The van der Waals surface area contributed by atoms with Crippen molar-refractivity contribution < 1.29 is 13.2 Å². The van der Waals surface area contributed by atoms with Crippen molar-refractivity contribution in [2.24, 2.45) is 5.14 Å². The third-order valence-corrected chi connectivity index (χ3v) is 4.18. The molecular weight excluding hydrogens is 276 g/mol. The number of primary sulfonamides is 1. The summed E-state index contributed by atoms with van der Waals surface area (Å²) in [6, 6.07) is 6.86. The van der Waals surface area contributed by atoms with Crippen LogP contribution in [0.5, 0.6) is 0 Å². The summed E-state index contributed by atoms with van der Waals surface area (Å²) in [7, 11) is -1.61. The lowest BCUT2D eigenvalue weighted by Gasteiger charge is -2.25. The van der Waals surface area contributed by atoms with Gasteiger partial charge >= 0.3 is 0 Å². The zero-order valence-corrected chi connectivity index (χ0v) is 13.4. The van der Waals surface area contributed by atoms with E-state index in [0.717, 1.165) is 12.1 Å². The van der Waals surface area contributed by atoms with Crippen LogP contribution in [0.2, 0.25) is 0 Å². The van der Waals surface area contributed by atoms with Crippen LogP contribution >= 0.6 is 0 Å². The molecule has 0 saturated heterocycles. The van der Waals surface area contributed by atoms with E-state index in [0.29, 0.717) is 6.61 Å². The Kier molecular flexibility index (Phi) is 6.13. The number of ether oxygens (including phenoxy) is 1. The maximum Gasteiger partial charge on any atom is 0.238 e. The van der Waals surface area contributed by atoms with Crippen molar-refractivity contribution in [2.45, 2.75) is 37.8 Å². The lowest BCUT2D eigenvalue weighted by Crippen LogP contribution is -2.27. The summed E-state index contributed by atoms with van der Waals surface area (Å²) in [6.07, 6.45) is 0.229. The van der Waals surface area contributed by atoms with Crippen LogP contribution in [0.1, 0.15) is 32.4 Å². The number of likely N-dealkylation sites (N-methyl/N-ethyl adjacent to an activating group) is 1. The molecular formula is C14H24N2O3S. The summed E-state index contributed by atoms with van der Waals surface area (Å²) < 4.78 is 27.9. The van der Waals surface area contributed by atoms with Crippen LogP contribution in [0.3, 0.4) is 0 Å². The molecule has 1 aromatic carbocycles. The molecule has 0 heterocycles. The van der Waals surface area contributed by atoms with Gasteiger partial charge in [-0.05, 0) is 45.5 Å². The zero-order valence-electron chi connectivity index (χ0n) is 12.5. The molecule has 0 aliphatic carbocycles. The molecule has 0 saturated carbocycles. The van der Waals surface area contributed by atoms with Gasteiger partial charge in [-0.25, -0.2) is 13.6 Å². The maximum atomic E-state index is 11.2. The Labute approximate surface area is 121 Å². The lowest BCUT2D eigenvalue weighted by atomic mass is 10.1. The number of nitrogens with two attached hydrogens (primary N) is 1. The van der Waals surface area contributed by atoms with Crippen LogP contribution in [-0.2, 0) is 14.8 Å². The van der Waals surface area contributed by atoms with Gasteiger partial charge in [-0.1, -0.05) is 12.1 Å². The number of nitrogens with zero attached hydrogens (tertiary/aromatic N) is 1. The summed E-state index contributed by atoms with van der Waals surface area (Å²) in [4.78, 5) is 2.30. The summed E-state index contributed by atoms with van der Waals surface area (Å²) in [6.45, 7) is 7.58. The average Bonchev–Trinajstić information content (AvgIpc) is 2.36. The minimum atomic E-state index is -3.62. The van der Waals surface area contributed by atoms with Crippen LogP contribution < -0.4 is 5.14 Å². The van der Waals surface area contributed by atoms with E-state index in [1.807, 2.05) is 20.9 Å². The smallest absolute Gasteiger partial charge is 0.238 e. The van der Waals surface area contributed by atoms with Gasteiger partial charge in [0.15, 0.2) is 0 Å². The van der Waals surface area contributed by atoms with Crippen LogP contribution in [0.4, 0.5) is 0 Å². The summed E-state index contributed by atoms with van der Waals surface area (Å²) in [5, 5.41) is 5.08. The predicted molar refractivity (Wildman–Crippen MR) is 79.9 cm³/mol. The Hall–Kier alpha value is -0.950. The molecule has 114 valence electrons. The molecule has 0 fully saturated rings. The van der Waals surface area contributed by atoms with E-state index >= 15 is 0 Å². The van der Waals surface area contributed by atoms with Crippen molar-refractivity contribution in [1.29, 1.82) is 0 Å². The largest absolute Gasteiger partial charge is 0.377 e. The second-order valence-corrected chi connectivity index (χ2v) is 6.75. The van der Waals surface area contributed by atoms with Gasteiger partial charge in [0, 0.05) is 12.6 Å². The molecule has 6 heteroatoms. The van der Waals surface area contributed by atoms with Crippen molar-refractivity contribution in [3.05, 3.63) is 29.8 Å². The monoisotopic (exact) mass is 300 g/mol. The Morgan fingerprint density at radius 1 is 1.20 bits per heavy atom. The first-order valence-corrected chi connectivity index (χ1v) is 8.21. The van der Waals surface area contributed by atoms with Crippen molar-refractivity contribution in [3.8, 4) is 0 Å². The quantitative estimate of drug-likeness (QED) is 0.832. The zero-order chi connectivity index (χ0) is 15.3. The molecule has 1 aromatic rings. The Balaban J connectivity index is 2.65. The number of sulfonamides is 1. The summed E-state index contributed by atoms with van der Waals surface area (Å²) in [5.74, 6) is 0. The molecule has 1 atom stereocenters. The Morgan fingerprint density at radius 3 is 2.20 bits per heavy atom. The van der Waals surface area contributed by atoms with Gasteiger partial charge < -0.3 is 4.74 Å². The number of hydrogen-bond donors (Lipinski definition) is 1. The van der Waals surface area contributed by atoms with Crippen LogP contribution in [0.25, 0.3) is 0 Å². The molecule has 0 amide bonds. The normalized spacial score (nSPS) is 13.9. The molecule has 1 rings (SSSR count). The second kappa shape index (κ2) is 7.17. The van der Waals surface area contributed by atoms with Crippen LogP contribution in [-0.4, -0.2) is 39.6 Å². The molecule has 0 aromatic heterocycles. The van der Waals surface area contributed by atoms with Crippen LogP contribution in [0, 0.1) is 0 Å². The van der Waals surface area contributed by atoms with E-state index in [1.54, 1.807) is 24.3 Å². The summed E-state index contributed by atoms with van der Waals surface area (Å²) in [5.41, 5.74) is 1.05. The number of hydrogen-bond acceptors (Lipinski definition) is 4. The number of benzene rings is 1. The third kappa shape index (κ3) is 5.20. The summed E-state index contributed by atoms with van der Waals surface area (Å²) >= 11 is 0. The highest BCUT2D eigenvalue weighted by Gasteiger charge is 2.13. The predicted octanol–water partition coefficient (Wildman–Crippen LogP) is 1.75. The van der Waals surface area contributed by atoms with Crippen molar-refractivity contribution in [3.63, 3.8) is 0 Å². The van der Waals surface area contributed by atoms with Crippen LogP contribution in [0.15, 0.2) is 29.2 Å². The topological polar surface area (TPSA) is 72.6 Å². The molecule has 0 aliphatic rings. The Bertz CT molecular complexity index is 512. The minimum absolute atomic E-state index is 0.138. The van der Waals surface area contributed by atoms with Gasteiger partial charge in [-0.2, -0.15) is 0 Å². The molecule has 0 aliphatic heterocycles. The number of rotatable bonds is 7. The van der Waals surface area contributed by atoms with Crippen molar-refractivity contribution in [1.82, 2.24) is 4.90 Å². The second-order valence-electron chi connectivity index (χ2n) is 5.19. The van der Waals surface area contributed by atoms with Gasteiger partial charge in [0.2, 0.25) is 10.0 Å². The van der Waals surface area contributed by atoms with Gasteiger partial charge in [-0.3, -0.25) is 4.90 Å². The highest BCUT2D eigenvalue weighted by molar-refractivity contribution is 7.89. The fourth-order valence-electron chi connectivity index (χ4n) is 1.82. The van der Waals surface area contributed by atoms with Crippen molar-refractivity contribution in [2.75, 3.05) is 20.2 Å². The molecule has 20 heavy (non-hydrogen) atoms. The first-order chi connectivity index (χ1) is 9.21. The van der Waals surface area contributed by atoms with Gasteiger partial charge in [0.1, 0.15) is 0 Å². The molecule has 2 N–H and O–H groups in total. The first-order valence-electron chi connectivity index (χ1n) is 6.66.